The van der Waals surface area contributed by atoms with Gasteiger partial charge in [0, 0.05) is 49.4 Å². The van der Waals surface area contributed by atoms with Gasteiger partial charge in [0.2, 0.25) is 5.91 Å². The van der Waals surface area contributed by atoms with Gasteiger partial charge in [-0.25, -0.2) is 4.68 Å². The topological polar surface area (TPSA) is 66.0 Å². The largest absolute Gasteiger partial charge is 0.378 e. The van der Waals surface area contributed by atoms with Crippen molar-refractivity contribution in [3.63, 3.8) is 0 Å². The number of anilines is 2. The normalized spacial score (nSPS) is 11.0. The first-order chi connectivity index (χ1) is 14.1. The molecule has 29 heavy (non-hydrogen) atoms. The van der Waals surface area contributed by atoms with Crippen LogP contribution in [0.25, 0.3) is 10.9 Å². The molecular weight excluding hydrogens is 362 g/mol. The summed E-state index contributed by atoms with van der Waals surface area (Å²) in [7, 11) is 4.04. The van der Waals surface area contributed by atoms with E-state index < -0.39 is 0 Å². The molecule has 0 radical (unpaired) electrons. The van der Waals surface area contributed by atoms with Crippen molar-refractivity contribution in [3.8, 4) is 0 Å². The highest BCUT2D eigenvalue weighted by atomic mass is 16.1. The zero-order valence-corrected chi connectivity index (χ0v) is 16.7. The van der Waals surface area contributed by atoms with E-state index in [1.54, 1.807) is 6.20 Å². The number of aryl methyl sites for hydroxylation is 1. The third kappa shape index (κ3) is 4.32. The fourth-order valence-electron chi connectivity index (χ4n) is 3.43. The van der Waals surface area contributed by atoms with Gasteiger partial charge in [0.25, 0.3) is 0 Å². The summed E-state index contributed by atoms with van der Waals surface area (Å²) in [5, 5.41) is 8.53. The molecule has 2 heterocycles. The number of rotatable bonds is 7. The average Bonchev–Trinajstić information content (AvgIpc) is 3.33. The van der Waals surface area contributed by atoms with Gasteiger partial charge in [-0.3, -0.25) is 4.79 Å². The van der Waals surface area contributed by atoms with Crippen molar-refractivity contribution in [2.75, 3.05) is 24.3 Å². The Labute approximate surface area is 170 Å². The molecule has 6 nitrogen and oxygen atoms in total. The van der Waals surface area contributed by atoms with Crippen LogP contribution in [-0.2, 0) is 17.8 Å². The second-order valence-corrected chi connectivity index (χ2v) is 7.34. The molecule has 0 aliphatic carbocycles. The summed E-state index contributed by atoms with van der Waals surface area (Å²) in [6, 6.07) is 18.3. The lowest BCUT2D eigenvalue weighted by Gasteiger charge is -2.13. The van der Waals surface area contributed by atoms with Gasteiger partial charge in [-0.05, 0) is 35.7 Å². The van der Waals surface area contributed by atoms with E-state index in [1.165, 1.54) is 5.39 Å². The highest BCUT2D eigenvalue weighted by Gasteiger charge is 2.10. The maximum Gasteiger partial charge on any atom is 0.225 e. The summed E-state index contributed by atoms with van der Waals surface area (Å²) in [4.78, 5) is 17.8. The van der Waals surface area contributed by atoms with Gasteiger partial charge in [-0.1, -0.05) is 30.3 Å². The van der Waals surface area contributed by atoms with Gasteiger partial charge >= 0.3 is 0 Å². The summed E-state index contributed by atoms with van der Waals surface area (Å²) < 4.78 is 1.81. The van der Waals surface area contributed by atoms with Gasteiger partial charge in [0.15, 0.2) is 0 Å². The number of hydrogen-bond acceptors (Lipinski definition) is 3. The third-order valence-corrected chi connectivity index (χ3v) is 5.07. The molecule has 0 unspecified atom stereocenters. The molecule has 2 aromatic heterocycles. The molecule has 4 rings (SSSR count). The molecule has 0 saturated heterocycles. The van der Waals surface area contributed by atoms with Gasteiger partial charge in [-0.15, -0.1) is 0 Å². The third-order valence-electron chi connectivity index (χ3n) is 5.07. The van der Waals surface area contributed by atoms with Crippen LogP contribution in [0.4, 0.5) is 11.5 Å². The SMILES string of the molecule is CN(C)c1ccc(Cn2nccc2NC(=O)CCc2c[nH]c3ccccc23)cc1. The van der Waals surface area contributed by atoms with Gasteiger partial charge in [0.05, 0.1) is 12.7 Å². The predicted molar refractivity (Wildman–Crippen MR) is 117 cm³/mol. The number of aromatic nitrogens is 3. The fraction of sp³-hybridized carbons (Fsp3) is 0.217. The van der Waals surface area contributed by atoms with Crippen LogP contribution >= 0.6 is 0 Å². The van der Waals surface area contributed by atoms with Gasteiger partial charge in [0.1, 0.15) is 5.82 Å². The number of carbonyl (C=O) groups excluding carboxylic acids is 1. The Morgan fingerprint density at radius 3 is 2.69 bits per heavy atom. The van der Waals surface area contributed by atoms with Crippen LogP contribution in [0, 0.1) is 0 Å². The van der Waals surface area contributed by atoms with Crippen LogP contribution < -0.4 is 10.2 Å². The number of para-hydroxylation sites is 1. The fourth-order valence-corrected chi connectivity index (χ4v) is 3.43. The van der Waals surface area contributed by atoms with E-state index in [1.807, 2.05) is 49.2 Å². The van der Waals surface area contributed by atoms with E-state index in [2.05, 4.69) is 50.6 Å². The summed E-state index contributed by atoms with van der Waals surface area (Å²) in [6.45, 7) is 0.610. The molecule has 0 spiro atoms. The molecule has 4 aromatic rings. The van der Waals surface area contributed by atoms with Crippen molar-refractivity contribution in [1.29, 1.82) is 0 Å². The van der Waals surface area contributed by atoms with Crippen molar-refractivity contribution < 1.29 is 4.79 Å². The van der Waals surface area contributed by atoms with Crippen LogP contribution in [0.2, 0.25) is 0 Å². The van der Waals surface area contributed by atoms with E-state index >= 15 is 0 Å². The van der Waals surface area contributed by atoms with E-state index in [0.29, 0.717) is 25.2 Å². The lowest BCUT2D eigenvalue weighted by molar-refractivity contribution is -0.116. The molecular formula is C23H25N5O. The standard InChI is InChI=1S/C23H25N5O/c1-27(2)19-10-7-17(8-11-19)16-28-22(13-14-25-28)26-23(29)12-9-18-15-24-21-6-4-3-5-20(18)21/h3-8,10-11,13-15,24H,9,12,16H2,1-2H3,(H,26,29). The van der Waals surface area contributed by atoms with Crippen molar-refractivity contribution in [2.24, 2.45) is 0 Å². The zero-order chi connectivity index (χ0) is 20.2. The molecule has 0 aliphatic rings. The number of carbonyl (C=O) groups is 1. The molecule has 2 N–H and O–H groups in total. The number of benzene rings is 2. The Morgan fingerprint density at radius 1 is 1.10 bits per heavy atom. The molecule has 6 heteroatoms. The first-order valence-corrected chi connectivity index (χ1v) is 9.73. The molecule has 0 aliphatic heterocycles. The minimum atomic E-state index is -0.0139. The number of nitrogens with zero attached hydrogens (tertiary/aromatic N) is 3. The highest BCUT2D eigenvalue weighted by molar-refractivity contribution is 5.90. The molecule has 148 valence electrons. The Hall–Kier alpha value is -3.54. The number of H-pyrrole nitrogens is 1. The van der Waals surface area contributed by atoms with E-state index in [4.69, 9.17) is 0 Å². The lowest BCUT2D eigenvalue weighted by Crippen LogP contribution is -2.16. The van der Waals surface area contributed by atoms with Crippen LogP contribution in [0.1, 0.15) is 17.5 Å². The number of amides is 1. The maximum absolute atomic E-state index is 12.5. The lowest BCUT2D eigenvalue weighted by atomic mass is 10.1. The van der Waals surface area contributed by atoms with Crippen LogP contribution in [0.15, 0.2) is 67.0 Å². The number of nitrogens with one attached hydrogen (secondary N) is 2. The molecule has 2 aromatic carbocycles. The average molecular weight is 387 g/mol. The summed E-state index contributed by atoms with van der Waals surface area (Å²) >= 11 is 0. The van der Waals surface area contributed by atoms with Crippen molar-refractivity contribution in [1.82, 2.24) is 14.8 Å². The molecule has 0 bridgehead atoms. The smallest absolute Gasteiger partial charge is 0.225 e. The first kappa shape index (κ1) is 18.8. The second-order valence-electron chi connectivity index (χ2n) is 7.34. The van der Waals surface area contributed by atoms with Crippen molar-refractivity contribution in [3.05, 3.63) is 78.1 Å². The highest BCUT2D eigenvalue weighted by Crippen LogP contribution is 2.19. The summed E-state index contributed by atoms with van der Waals surface area (Å²) in [6.07, 6.45) is 4.81. The summed E-state index contributed by atoms with van der Waals surface area (Å²) in [5.41, 5.74) is 4.54. The minimum absolute atomic E-state index is 0.0139. The molecule has 0 saturated carbocycles. The number of aromatic amines is 1. The Morgan fingerprint density at radius 2 is 1.90 bits per heavy atom. The predicted octanol–water partition coefficient (Wildman–Crippen LogP) is 4.05. The van der Waals surface area contributed by atoms with Crippen LogP contribution in [-0.4, -0.2) is 34.8 Å². The minimum Gasteiger partial charge on any atom is -0.378 e. The second kappa shape index (κ2) is 8.22. The van der Waals surface area contributed by atoms with Crippen LogP contribution in [0.3, 0.4) is 0 Å². The molecule has 0 atom stereocenters. The number of fused-ring (bicyclic) bond motifs is 1. The Bertz CT molecular complexity index is 1110. The Balaban J connectivity index is 1.37. The van der Waals surface area contributed by atoms with E-state index in [0.717, 1.165) is 22.3 Å². The zero-order valence-electron chi connectivity index (χ0n) is 16.7. The van der Waals surface area contributed by atoms with Crippen LogP contribution in [0.5, 0.6) is 0 Å². The molecule has 1 amide bonds. The monoisotopic (exact) mass is 387 g/mol. The van der Waals surface area contributed by atoms with Crippen molar-refractivity contribution in [2.45, 2.75) is 19.4 Å². The summed E-state index contributed by atoms with van der Waals surface area (Å²) in [5.74, 6) is 0.700. The first-order valence-electron chi connectivity index (χ1n) is 9.73. The maximum atomic E-state index is 12.5. The van der Waals surface area contributed by atoms with Crippen molar-refractivity contribution >= 4 is 28.3 Å². The van der Waals surface area contributed by atoms with Gasteiger partial charge in [-0.2, -0.15) is 5.10 Å². The van der Waals surface area contributed by atoms with E-state index in [-0.39, 0.29) is 5.91 Å². The molecule has 0 fully saturated rings. The van der Waals surface area contributed by atoms with E-state index in [9.17, 15) is 4.79 Å². The Kier molecular flexibility index (Phi) is 5.33. The number of hydrogen-bond donors (Lipinski definition) is 2. The van der Waals surface area contributed by atoms with Gasteiger partial charge < -0.3 is 15.2 Å². The quantitative estimate of drug-likeness (QED) is 0.503.